The van der Waals surface area contributed by atoms with Gasteiger partial charge in [-0.2, -0.15) is 0 Å². The molecular weight excluding hydrogens is 330 g/mol. The Morgan fingerprint density at radius 3 is 2.21 bits per heavy atom. The molecule has 1 atom stereocenters. The average Bonchev–Trinajstić information content (AvgIpc) is 2.44. The minimum Gasteiger partial charge on any atom is -0.481 e. The lowest BCUT2D eigenvalue weighted by molar-refractivity contribution is -0.139. The van der Waals surface area contributed by atoms with Gasteiger partial charge in [0.2, 0.25) is 0 Å². The molecule has 0 aliphatic carbocycles. The van der Waals surface area contributed by atoms with Crippen molar-refractivity contribution in [3.05, 3.63) is 28.8 Å². The number of benzene rings is 1. The Labute approximate surface area is 145 Å². The fraction of sp³-hybridized carbons (Fsp3) is 0.529. The molecule has 6 nitrogen and oxygen atoms in total. The molecule has 24 heavy (non-hydrogen) atoms. The molecule has 134 valence electrons. The van der Waals surface area contributed by atoms with Gasteiger partial charge in [0.15, 0.2) is 6.61 Å². The number of carboxylic acid groups (broad SMARTS) is 1. The van der Waals surface area contributed by atoms with Crippen molar-refractivity contribution in [3.63, 3.8) is 0 Å². The van der Waals surface area contributed by atoms with E-state index in [2.05, 4.69) is 5.32 Å². The van der Waals surface area contributed by atoms with Crippen LogP contribution in [0.1, 0.15) is 42.3 Å². The van der Waals surface area contributed by atoms with Crippen LogP contribution in [0.5, 0.6) is 5.75 Å². The van der Waals surface area contributed by atoms with Crippen molar-refractivity contribution in [1.29, 1.82) is 0 Å². The Balaban J connectivity index is 2.72. The highest BCUT2D eigenvalue weighted by molar-refractivity contribution is 7.86. The molecule has 1 aromatic carbocycles. The molecule has 0 aliphatic heterocycles. The zero-order chi connectivity index (χ0) is 18.5. The van der Waals surface area contributed by atoms with Gasteiger partial charge < -0.3 is 15.2 Å². The van der Waals surface area contributed by atoms with Crippen LogP contribution >= 0.6 is 0 Å². The monoisotopic (exact) mass is 355 g/mol. The molecule has 0 bridgehead atoms. The van der Waals surface area contributed by atoms with Crippen LogP contribution in [0.15, 0.2) is 12.1 Å². The molecule has 0 fully saturated rings. The normalized spacial score (nSPS) is 12.5. The van der Waals surface area contributed by atoms with E-state index in [-0.39, 0.29) is 10.7 Å². The maximum Gasteiger partial charge on any atom is 0.341 e. The van der Waals surface area contributed by atoms with Gasteiger partial charge in [0, 0.05) is 33.4 Å². The minimum atomic E-state index is -1.05. The van der Waals surface area contributed by atoms with E-state index in [4.69, 9.17) is 9.84 Å². The number of carbonyl (C=O) groups excluding carboxylic acids is 1. The largest absolute Gasteiger partial charge is 0.481 e. The molecule has 0 aliphatic rings. The first kappa shape index (κ1) is 20.2. The van der Waals surface area contributed by atoms with Gasteiger partial charge in [-0.15, -0.1) is 0 Å². The number of hydrogen-bond donors (Lipinski definition) is 2. The van der Waals surface area contributed by atoms with Gasteiger partial charge in [0.05, 0.1) is 0 Å². The fourth-order valence-corrected chi connectivity index (χ4v) is 3.01. The molecule has 0 saturated carbocycles. The predicted octanol–water partition coefficient (Wildman–Crippen LogP) is 2.04. The van der Waals surface area contributed by atoms with E-state index in [0.29, 0.717) is 34.7 Å². The Hall–Kier alpha value is -1.89. The quantitative estimate of drug-likeness (QED) is 0.781. The molecule has 1 unspecified atom stereocenters. The molecule has 1 aromatic rings. The lowest BCUT2D eigenvalue weighted by Crippen LogP contribution is -2.32. The van der Waals surface area contributed by atoms with Gasteiger partial charge in [0.1, 0.15) is 5.75 Å². The summed E-state index contributed by atoms with van der Waals surface area (Å²) in [6.45, 7) is 9.11. The maximum atomic E-state index is 12.2. The van der Waals surface area contributed by atoms with Gasteiger partial charge in [0.25, 0.3) is 5.91 Å². The zero-order valence-electron chi connectivity index (χ0n) is 14.8. The number of rotatable bonds is 7. The molecule has 0 saturated heterocycles. The first-order valence-corrected chi connectivity index (χ1v) is 8.96. The highest BCUT2D eigenvalue weighted by Crippen LogP contribution is 2.24. The maximum absolute atomic E-state index is 12.2. The summed E-state index contributed by atoms with van der Waals surface area (Å²) in [6.07, 6.45) is 0. The van der Waals surface area contributed by atoms with E-state index in [1.54, 1.807) is 26.0 Å². The molecule has 1 rings (SSSR count). The Kier molecular flexibility index (Phi) is 6.95. The Bertz CT molecular complexity index is 626. The van der Waals surface area contributed by atoms with Crippen LogP contribution in [0.25, 0.3) is 0 Å². The van der Waals surface area contributed by atoms with Crippen LogP contribution in [0, 0.1) is 13.8 Å². The van der Waals surface area contributed by atoms with Crippen LogP contribution in [0.2, 0.25) is 0 Å². The summed E-state index contributed by atoms with van der Waals surface area (Å²) in [5.74, 6) is -0.436. The molecule has 0 aromatic heterocycles. The average molecular weight is 355 g/mol. The zero-order valence-corrected chi connectivity index (χ0v) is 15.6. The third-order valence-electron chi connectivity index (χ3n) is 3.32. The molecule has 0 heterocycles. The van der Waals surface area contributed by atoms with Crippen LogP contribution in [-0.4, -0.2) is 44.8 Å². The van der Waals surface area contributed by atoms with Crippen molar-refractivity contribution in [2.45, 2.75) is 39.4 Å². The third-order valence-corrected chi connectivity index (χ3v) is 5.26. The number of carbonyl (C=O) groups is 2. The topological polar surface area (TPSA) is 92.7 Å². The van der Waals surface area contributed by atoms with Crippen LogP contribution in [0.4, 0.5) is 0 Å². The van der Waals surface area contributed by atoms with E-state index in [0.717, 1.165) is 0 Å². The summed E-state index contributed by atoms with van der Waals surface area (Å²) < 4.78 is 16.9. The van der Waals surface area contributed by atoms with Gasteiger partial charge in [-0.1, -0.05) is 0 Å². The minimum absolute atomic E-state index is 0.253. The number of carboxylic acids is 1. The summed E-state index contributed by atoms with van der Waals surface area (Å²) in [6, 6.07) is 3.31. The van der Waals surface area contributed by atoms with Crippen molar-refractivity contribution in [1.82, 2.24) is 5.32 Å². The summed E-state index contributed by atoms with van der Waals surface area (Å²) >= 11 is 0. The molecular formula is C17H25NO5S. The summed E-state index contributed by atoms with van der Waals surface area (Å²) in [5.41, 5.74) is 1.86. The van der Waals surface area contributed by atoms with E-state index in [1.807, 2.05) is 20.8 Å². The van der Waals surface area contributed by atoms with Crippen molar-refractivity contribution in [3.8, 4) is 5.75 Å². The van der Waals surface area contributed by atoms with Gasteiger partial charge in [-0.05, 0) is 57.9 Å². The van der Waals surface area contributed by atoms with Crippen LogP contribution in [-0.2, 0) is 15.6 Å². The standard InChI is InChI=1S/C17H25NO5S/c1-11-8-13(9-12(2)15(11)23-10-14(19)20)16(21)18-6-7-24(22)17(3,4)5/h8-9H,6-7,10H2,1-5H3,(H,18,21)(H,19,20). The summed E-state index contributed by atoms with van der Waals surface area (Å²) in [5, 5.41) is 11.4. The van der Waals surface area contributed by atoms with E-state index in [1.165, 1.54) is 0 Å². The third kappa shape index (κ3) is 5.96. The van der Waals surface area contributed by atoms with Crippen molar-refractivity contribution >= 4 is 22.7 Å². The Morgan fingerprint density at radius 1 is 1.21 bits per heavy atom. The van der Waals surface area contributed by atoms with E-state index >= 15 is 0 Å². The molecule has 0 radical (unpaired) electrons. The summed E-state index contributed by atoms with van der Waals surface area (Å²) in [7, 11) is -1.02. The summed E-state index contributed by atoms with van der Waals surface area (Å²) in [4.78, 5) is 22.8. The highest BCUT2D eigenvalue weighted by atomic mass is 32.2. The lowest BCUT2D eigenvalue weighted by Gasteiger charge is -2.18. The van der Waals surface area contributed by atoms with Crippen molar-refractivity contribution < 1.29 is 23.6 Å². The SMILES string of the molecule is Cc1cc(C(=O)NCCS(=O)C(C)(C)C)cc(C)c1OCC(=O)O. The second-order valence-electron chi connectivity index (χ2n) is 6.54. The second kappa shape index (κ2) is 8.28. The molecule has 7 heteroatoms. The molecule has 2 N–H and O–H groups in total. The van der Waals surface area contributed by atoms with E-state index < -0.39 is 23.4 Å². The lowest BCUT2D eigenvalue weighted by atomic mass is 10.1. The predicted molar refractivity (Wildman–Crippen MR) is 94.1 cm³/mol. The number of amides is 1. The molecule has 1 amide bonds. The van der Waals surface area contributed by atoms with E-state index in [9.17, 15) is 13.8 Å². The van der Waals surface area contributed by atoms with Crippen molar-refractivity contribution in [2.75, 3.05) is 18.9 Å². The molecule has 0 spiro atoms. The van der Waals surface area contributed by atoms with Gasteiger partial charge in [-0.3, -0.25) is 9.00 Å². The van der Waals surface area contributed by atoms with Crippen LogP contribution < -0.4 is 10.1 Å². The van der Waals surface area contributed by atoms with Crippen LogP contribution in [0.3, 0.4) is 0 Å². The number of hydrogen-bond acceptors (Lipinski definition) is 4. The number of aliphatic carboxylic acids is 1. The first-order valence-electron chi connectivity index (χ1n) is 7.65. The highest BCUT2D eigenvalue weighted by Gasteiger charge is 2.19. The fourth-order valence-electron chi connectivity index (χ4n) is 2.11. The van der Waals surface area contributed by atoms with Gasteiger partial charge >= 0.3 is 5.97 Å². The first-order chi connectivity index (χ1) is 11.0. The second-order valence-corrected chi connectivity index (χ2v) is 8.86. The number of ether oxygens (including phenoxy) is 1. The smallest absolute Gasteiger partial charge is 0.341 e. The van der Waals surface area contributed by atoms with Crippen molar-refractivity contribution in [2.24, 2.45) is 0 Å². The number of aryl methyl sites for hydroxylation is 2. The number of nitrogens with one attached hydrogen (secondary N) is 1. The Morgan fingerprint density at radius 2 is 1.75 bits per heavy atom. The van der Waals surface area contributed by atoms with Gasteiger partial charge in [-0.25, -0.2) is 4.79 Å².